The van der Waals surface area contributed by atoms with Gasteiger partial charge >= 0.3 is 0 Å². The number of methoxy groups -OCH3 is 1. The van der Waals surface area contributed by atoms with Crippen LogP contribution in [0.5, 0.6) is 5.75 Å². The molecule has 0 bridgehead atoms. The van der Waals surface area contributed by atoms with E-state index >= 15 is 0 Å². The van der Waals surface area contributed by atoms with Crippen LogP contribution < -0.4 is 14.4 Å². The van der Waals surface area contributed by atoms with E-state index in [2.05, 4.69) is 5.32 Å². The van der Waals surface area contributed by atoms with Crippen molar-refractivity contribution >= 4 is 21.6 Å². The van der Waals surface area contributed by atoms with E-state index in [1.54, 1.807) is 36.4 Å². The van der Waals surface area contributed by atoms with Gasteiger partial charge in [-0.25, -0.2) is 8.42 Å². The molecule has 1 amide bonds. The van der Waals surface area contributed by atoms with Gasteiger partial charge in [-0.05, 0) is 68.8 Å². The molecule has 0 heterocycles. The van der Waals surface area contributed by atoms with E-state index in [-0.39, 0.29) is 16.3 Å². The highest BCUT2D eigenvalue weighted by Crippen LogP contribution is 2.24. The number of sulfonamides is 1. The lowest BCUT2D eigenvalue weighted by atomic mass is 10.0. The predicted octanol–water partition coefficient (Wildman–Crippen LogP) is 3.44. The van der Waals surface area contributed by atoms with Crippen LogP contribution in [0.2, 0.25) is 0 Å². The summed E-state index contributed by atoms with van der Waals surface area (Å²) in [6, 6.07) is 12.7. The molecule has 0 saturated carbocycles. The van der Waals surface area contributed by atoms with Crippen LogP contribution in [0.4, 0.5) is 5.69 Å². The van der Waals surface area contributed by atoms with Crippen LogP contribution in [0.1, 0.15) is 37.6 Å². The fourth-order valence-corrected chi connectivity index (χ4v) is 3.53. The summed E-state index contributed by atoms with van der Waals surface area (Å²) < 4.78 is 31.8. The normalized spacial score (nSPS) is 11.7. The van der Waals surface area contributed by atoms with Crippen molar-refractivity contribution in [2.24, 2.45) is 0 Å². The highest BCUT2D eigenvalue weighted by Gasteiger charge is 2.22. The number of rotatable bonds is 7. The summed E-state index contributed by atoms with van der Waals surface area (Å²) in [5.74, 6) is 0.399. The van der Waals surface area contributed by atoms with Gasteiger partial charge in [-0.15, -0.1) is 0 Å². The second-order valence-corrected chi connectivity index (χ2v) is 8.86. The van der Waals surface area contributed by atoms with Crippen molar-refractivity contribution in [2.75, 3.05) is 18.5 Å². The zero-order valence-electron chi connectivity index (χ0n) is 16.3. The van der Waals surface area contributed by atoms with Crippen molar-refractivity contribution < 1.29 is 17.9 Å². The lowest BCUT2D eigenvalue weighted by Gasteiger charge is -2.24. The van der Waals surface area contributed by atoms with Gasteiger partial charge in [-0.2, -0.15) is 0 Å². The third kappa shape index (κ3) is 4.80. The van der Waals surface area contributed by atoms with E-state index < -0.39 is 10.0 Å². The van der Waals surface area contributed by atoms with Gasteiger partial charge in [-0.3, -0.25) is 9.10 Å². The van der Waals surface area contributed by atoms with Crippen LogP contribution in [0.25, 0.3) is 0 Å². The standard InChI is InChI=1S/C20H26N2O4S/c1-6-20(2,3)21-19(23)15-7-9-16(10-8-15)22(4)27(24,25)18-13-11-17(26-5)12-14-18/h7-14H,6H2,1-5H3,(H,21,23). The maximum absolute atomic E-state index is 12.8. The first-order valence-electron chi connectivity index (χ1n) is 8.66. The van der Waals surface area contributed by atoms with E-state index in [1.807, 2.05) is 20.8 Å². The molecule has 0 atom stereocenters. The minimum atomic E-state index is -3.71. The number of amides is 1. The molecule has 0 unspecified atom stereocenters. The summed E-state index contributed by atoms with van der Waals surface area (Å²) in [6.45, 7) is 5.91. The summed E-state index contributed by atoms with van der Waals surface area (Å²) in [7, 11) is -0.702. The maximum atomic E-state index is 12.8. The topological polar surface area (TPSA) is 75.7 Å². The van der Waals surface area contributed by atoms with Crippen molar-refractivity contribution in [3.8, 4) is 5.75 Å². The molecule has 0 aliphatic rings. The molecule has 27 heavy (non-hydrogen) atoms. The number of hydrogen-bond donors (Lipinski definition) is 1. The fraction of sp³-hybridized carbons (Fsp3) is 0.350. The maximum Gasteiger partial charge on any atom is 0.264 e. The van der Waals surface area contributed by atoms with Gasteiger partial charge in [0.15, 0.2) is 0 Å². The van der Waals surface area contributed by atoms with Crippen molar-refractivity contribution in [3.05, 3.63) is 54.1 Å². The SMILES string of the molecule is CCC(C)(C)NC(=O)c1ccc(N(C)S(=O)(=O)c2ccc(OC)cc2)cc1. The van der Waals surface area contributed by atoms with Gasteiger partial charge in [0.1, 0.15) is 5.75 Å². The minimum absolute atomic E-state index is 0.164. The van der Waals surface area contributed by atoms with Gasteiger partial charge in [0.25, 0.3) is 15.9 Å². The second kappa shape index (κ2) is 8.00. The Kier molecular flexibility index (Phi) is 6.15. The Hall–Kier alpha value is -2.54. The first kappa shape index (κ1) is 20.8. The number of carbonyl (C=O) groups excluding carboxylic acids is 1. The smallest absolute Gasteiger partial charge is 0.264 e. The number of carbonyl (C=O) groups is 1. The van der Waals surface area contributed by atoms with Gasteiger partial charge in [-0.1, -0.05) is 6.92 Å². The number of nitrogens with one attached hydrogen (secondary N) is 1. The third-order valence-corrected chi connectivity index (χ3v) is 6.35. The van der Waals surface area contributed by atoms with Crippen molar-refractivity contribution in [2.45, 2.75) is 37.6 Å². The summed E-state index contributed by atoms with van der Waals surface area (Å²) in [4.78, 5) is 12.5. The fourth-order valence-electron chi connectivity index (χ4n) is 2.34. The first-order valence-corrected chi connectivity index (χ1v) is 10.1. The van der Waals surface area contributed by atoms with E-state index in [0.717, 1.165) is 6.42 Å². The predicted molar refractivity (Wildman–Crippen MR) is 107 cm³/mol. The zero-order chi connectivity index (χ0) is 20.2. The molecule has 0 radical (unpaired) electrons. The van der Waals surface area contributed by atoms with Crippen LogP contribution in [-0.2, 0) is 10.0 Å². The molecule has 2 aromatic rings. The average molecular weight is 391 g/mol. The third-order valence-electron chi connectivity index (χ3n) is 4.55. The first-order chi connectivity index (χ1) is 12.6. The lowest BCUT2D eigenvalue weighted by molar-refractivity contribution is 0.0911. The molecular weight excluding hydrogens is 364 g/mol. The van der Waals surface area contributed by atoms with Crippen LogP contribution in [0, 0.1) is 0 Å². The number of hydrogen-bond acceptors (Lipinski definition) is 4. The number of anilines is 1. The molecule has 0 aromatic heterocycles. The number of ether oxygens (including phenoxy) is 1. The van der Waals surface area contributed by atoms with E-state index in [4.69, 9.17) is 4.74 Å². The van der Waals surface area contributed by atoms with Crippen LogP contribution in [0.3, 0.4) is 0 Å². The van der Waals surface area contributed by atoms with Gasteiger partial charge in [0, 0.05) is 18.2 Å². The summed E-state index contributed by atoms with van der Waals surface area (Å²) in [5, 5.41) is 2.96. The van der Waals surface area contributed by atoms with Gasteiger partial charge in [0.2, 0.25) is 0 Å². The van der Waals surface area contributed by atoms with E-state index in [1.165, 1.54) is 30.6 Å². The Bertz CT molecular complexity index is 889. The Labute approximate surface area is 161 Å². The monoisotopic (exact) mass is 390 g/mol. The molecule has 2 aromatic carbocycles. The van der Waals surface area contributed by atoms with Crippen LogP contribution >= 0.6 is 0 Å². The minimum Gasteiger partial charge on any atom is -0.497 e. The molecule has 0 spiro atoms. The lowest BCUT2D eigenvalue weighted by Crippen LogP contribution is -2.42. The molecule has 0 aliphatic heterocycles. The van der Waals surface area contributed by atoms with Gasteiger partial charge in [0.05, 0.1) is 17.7 Å². The largest absolute Gasteiger partial charge is 0.497 e. The van der Waals surface area contributed by atoms with Crippen LogP contribution in [0.15, 0.2) is 53.4 Å². The highest BCUT2D eigenvalue weighted by atomic mass is 32.2. The van der Waals surface area contributed by atoms with Crippen molar-refractivity contribution in [1.29, 1.82) is 0 Å². The summed E-state index contributed by atoms with van der Waals surface area (Å²) >= 11 is 0. The highest BCUT2D eigenvalue weighted by molar-refractivity contribution is 7.92. The Morgan fingerprint density at radius 1 is 1.07 bits per heavy atom. The molecule has 146 valence electrons. The molecule has 0 saturated heterocycles. The summed E-state index contributed by atoms with van der Waals surface area (Å²) in [5.41, 5.74) is 0.650. The molecule has 6 nitrogen and oxygen atoms in total. The molecule has 0 aliphatic carbocycles. The van der Waals surface area contributed by atoms with Crippen LogP contribution in [-0.4, -0.2) is 34.0 Å². The zero-order valence-corrected chi connectivity index (χ0v) is 17.1. The van der Waals surface area contributed by atoms with E-state index in [0.29, 0.717) is 17.0 Å². The second-order valence-electron chi connectivity index (χ2n) is 6.89. The molecule has 1 N–H and O–H groups in total. The van der Waals surface area contributed by atoms with E-state index in [9.17, 15) is 13.2 Å². The average Bonchev–Trinajstić information content (AvgIpc) is 2.67. The Morgan fingerprint density at radius 2 is 1.63 bits per heavy atom. The van der Waals surface area contributed by atoms with Crippen molar-refractivity contribution in [3.63, 3.8) is 0 Å². The summed E-state index contributed by atoms with van der Waals surface area (Å²) in [6.07, 6.45) is 0.805. The quantitative estimate of drug-likeness (QED) is 0.786. The molecular formula is C20H26N2O4S. The Morgan fingerprint density at radius 3 is 2.11 bits per heavy atom. The molecule has 0 fully saturated rings. The number of nitrogens with zero attached hydrogens (tertiary/aromatic N) is 1. The Balaban J connectivity index is 2.21. The number of benzene rings is 2. The molecule has 7 heteroatoms. The van der Waals surface area contributed by atoms with Gasteiger partial charge < -0.3 is 10.1 Å². The molecule has 2 rings (SSSR count). The van der Waals surface area contributed by atoms with Crippen molar-refractivity contribution in [1.82, 2.24) is 5.32 Å².